The number of aliphatic imine (C=N–C) groups is 1. The van der Waals surface area contributed by atoms with Gasteiger partial charge in [0.1, 0.15) is 0 Å². The van der Waals surface area contributed by atoms with E-state index in [9.17, 15) is 4.79 Å². The Balaban J connectivity index is 1.69. The fourth-order valence-electron chi connectivity index (χ4n) is 2.59. The molecule has 2 aromatic rings. The van der Waals surface area contributed by atoms with Gasteiger partial charge in [0.05, 0.1) is 6.61 Å². The van der Waals surface area contributed by atoms with Crippen molar-refractivity contribution in [3.8, 4) is 11.4 Å². The van der Waals surface area contributed by atoms with Gasteiger partial charge in [-0.2, -0.15) is 5.10 Å². The second-order valence-corrected chi connectivity index (χ2v) is 5.76. The van der Waals surface area contributed by atoms with Crippen LogP contribution in [-0.2, 0) is 11.3 Å². The molecule has 0 fully saturated rings. The molecular weight excluding hydrogens is 320 g/mol. The maximum absolute atomic E-state index is 11.7. The number of nitrogens with zero attached hydrogens (tertiary/aromatic N) is 4. The first-order valence-corrected chi connectivity index (χ1v) is 8.35. The van der Waals surface area contributed by atoms with Crippen LogP contribution in [0.5, 0.6) is 0 Å². The lowest BCUT2D eigenvalue weighted by atomic mass is 10.1. The summed E-state index contributed by atoms with van der Waals surface area (Å²) >= 11 is 0. The molecule has 0 radical (unpaired) electrons. The van der Waals surface area contributed by atoms with Crippen LogP contribution < -0.4 is 5.32 Å². The highest BCUT2D eigenvalue weighted by Crippen LogP contribution is 2.16. The van der Waals surface area contributed by atoms with Crippen molar-refractivity contribution in [2.75, 3.05) is 26.7 Å². The summed E-state index contributed by atoms with van der Waals surface area (Å²) in [6.07, 6.45) is 1.09. The van der Waals surface area contributed by atoms with Crippen LogP contribution in [-0.4, -0.2) is 58.8 Å². The van der Waals surface area contributed by atoms with E-state index in [1.807, 2.05) is 31.3 Å². The number of carbonyl (C=O) groups excluding carboxylic acids is 1. The van der Waals surface area contributed by atoms with E-state index >= 15 is 0 Å². The Morgan fingerprint density at radius 2 is 2.32 bits per heavy atom. The number of benzene rings is 1. The Hall–Kier alpha value is -2.90. The first-order valence-electron chi connectivity index (χ1n) is 8.35. The third-order valence-corrected chi connectivity index (χ3v) is 3.86. The van der Waals surface area contributed by atoms with Gasteiger partial charge < -0.3 is 15.0 Å². The van der Waals surface area contributed by atoms with Crippen LogP contribution in [0.15, 0.2) is 29.3 Å². The van der Waals surface area contributed by atoms with Crippen molar-refractivity contribution in [2.45, 2.75) is 19.9 Å². The second kappa shape index (κ2) is 7.78. The Bertz CT molecular complexity index is 770. The zero-order valence-corrected chi connectivity index (χ0v) is 14.5. The predicted molar refractivity (Wildman–Crippen MR) is 94.2 cm³/mol. The molecule has 8 nitrogen and oxygen atoms in total. The molecule has 0 unspecified atom stereocenters. The summed E-state index contributed by atoms with van der Waals surface area (Å²) in [5, 5.41) is 10.1. The molecule has 8 heteroatoms. The summed E-state index contributed by atoms with van der Waals surface area (Å²) in [6.45, 7) is 4.58. The van der Waals surface area contributed by atoms with E-state index in [2.05, 4.69) is 30.4 Å². The second-order valence-electron chi connectivity index (χ2n) is 5.76. The van der Waals surface area contributed by atoms with Crippen molar-refractivity contribution in [1.82, 2.24) is 25.4 Å². The van der Waals surface area contributed by atoms with Gasteiger partial charge in [-0.3, -0.25) is 10.1 Å². The quantitative estimate of drug-likeness (QED) is 0.798. The molecule has 0 amide bonds. The molecule has 2 heterocycles. The third kappa shape index (κ3) is 4.14. The lowest BCUT2D eigenvalue weighted by Gasteiger charge is -2.25. The van der Waals surface area contributed by atoms with Gasteiger partial charge >= 0.3 is 5.97 Å². The van der Waals surface area contributed by atoms with Crippen molar-refractivity contribution in [2.24, 2.45) is 4.99 Å². The molecule has 0 atom stereocenters. The topological polar surface area (TPSA) is 95.5 Å². The molecule has 0 saturated carbocycles. The molecule has 0 spiro atoms. The normalized spacial score (nSPS) is 14.2. The van der Waals surface area contributed by atoms with Crippen LogP contribution >= 0.6 is 0 Å². The third-order valence-electron chi connectivity index (χ3n) is 3.86. The maximum atomic E-state index is 11.7. The van der Waals surface area contributed by atoms with Gasteiger partial charge in [-0.1, -0.05) is 18.2 Å². The monoisotopic (exact) mass is 342 g/mol. The molecule has 1 aromatic heterocycles. The average molecular weight is 342 g/mol. The van der Waals surface area contributed by atoms with Crippen molar-refractivity contribution in [1.29, 1.82) is 0 Å². The lowest BCUT2D eigenvalue weighted by Crippen LogP contribution is -2.41. The summed E-state index contributed by atoms with van der Waals surface area (Å²) < 4.78 is 4.92. The fourth-order valence-corrected chi connectivity index (χ4v) is 2.59. The maximum Gasteiger partial charge on any atom is 0.375 e. The molecule has 3 rings (SSSR count). The Labute approximate surface area is 146 Å². The minimum atomic E-state index is -0.502. The number of aromatic nitrogens is 3. The van der Waals surface area contributed by atoms with Gasteiger partial charge in [-0.05, 0) is 25.0 Å². The Morgan fingerprint density at radius 1 is 1.44 bits per heavy atom. The van der Waals surface area contributed by atoms with Crippen molar-refractivity contribution in [3.63, 3.8) is 0 Å². The SMILES string of the molecule is CCOC(=O)c1nc(-c2cccc(CNC3=NCCCN3C)c2)n[nH]1. The summed E-state index contributed by atoms with van der Waals surface area (Å²) in [5.74, 6) is 0.993. The van der Waals surface area contributed by atoms with Crippen molar-refractivity contribution >= 4 is 11.9 Å². The van der Waals surface area contributed by atoms with E-state index in [0.29, 0.717) is 19.0 Å². The summed E-state index contributed by atoms with van der Waals surface area (Å²) in [4.78, 5) is 22.5. The van der Waals surface area contributed by atoms with Crippen molar-refractivity contribution < 1.29 is 9.53 Å². The number of guanidine groups is 1. The van der Waals surface area contributed by atoms with Crippen LogP contribution in [0, 0.1) is 0 Å². The summed E-state index contributed by atoms with van der Waals surface area (Å²) in [6, 6.07) is 7.87. The largest absolute Gasteiger partial charge is 0.460 e. The number of hydrogen-bond acceptors (Lipinski definition) is 7. The smallest absolute Gasteiger partial charge is 0.375 e. The van der Waals surface area contributed by atoms with Gasteiger partial charge in [0.15, 0.2) is 11.8 Å². The van der Waals surface area contributed by atoms with Crippen LogP contribution in [0.1, 0.15) is 29.5 Å². The molecule has 25 heavy (non-hydrogen) atoms. The van der Waals surface area contributed by atoms with Gasteiger partial charge in [0.2, 0.25) is 5.82 Å². The number of ether oxygens (including phenoxy) is 1. The molecule has 0 bridgehead atoms. The summed E-state index contributed by atoms with van der Waals surface area (Å²) in [7, 11) is 2.03. The van der Waals surface area contributed by atoms with E-state index in [1.165, 1.54) is 0 Å². The zero-order chi connectivity index (χ0) is 17.6. The number of carbonyl (C=O) groups is 1. The first kappa shape index (κ1) is 16.9. The van der Waals surface area contributed by atoms with E-state index in [-0.39, 0.29) is 5.82 Å². The highest BCUT2D eigenvalue weighted by molar-refractivity contribution is 5.85. The summed E-state index contributed by atoms with van der Waals surface area (Å²) in [5.41, 5.74) is 1.92. The van der Waals surface area contributed by atoms with Crippen LogP contribution in [0.25, 0.3) is 11.4 Å². The van der Waals surface area contributed by atoms with Crippen LogP contribution in [0.4, 0.5) is 0 Å². The molecule has 0 aliphatic carbocycles. The highest BCUT2D eigenvalue weighted by atomic mass is 16.5. The van der Waals surface area contributed by atoms with E-state index < -0.39 is 5.97 Å². The fraction of sp³-hybridized carbons (Fsp3) is 0.412. The Morgan fingerprint density at radius 3 is 3.12 bits per heavy atom. The molecular formula is C17H22N6O2. The van der Waals surface area contributed by atoms with Gasteiger partial charge in [-0.15, -0.1) is 0 Å². The minimum absolute atomic E-state index is 0.110. The average Bonchev–Trinajstić information content (AvgIpc) is 3.12. The number of aromatic amines is 1. The van der Waals surface area contributed by atoms with E-state index in [1.54, 1.807) is 6.92 Å². The lowest BCUT2D eigenvalue weighted by molar-refractivity contribution is 0.0512. The first-order chi connectivity index (χ1) is 12.2. The van der Waals surface area contributed by atoms with Crippen molar-refractivity contribution in [3.05, 3.63) is 35.7 Å². The standard InChI is InChI=1S/C17H22N6O2/c1-3-25-16(24)15-20-14(21-22-15)13-7-4-6-12(10-13)11-19-17-18-8-5-9-23(17)2/h4,6-7,10H,3,5,8-9,11H2,1-2H3,(H,18,19)(H,20,21,22). The highest BCUT2D eigenvalue weighted by Gasteiger charge is 2.14. The molecule has 2 N–H and O–H groups in total. The molecule has 132 valence electrons. The Kier molecular flexibility index (Phi) is 5.27. The van der Waals surface area contributed by atoms with E-state index in [0.717, 1.165) is 36.6 Å². The number of esters is 1. The van der Waals surface area contributed by atoms with Gasteiger partial charge in [-0.25, -0.2) is 9.78 Å². The number of nitrogens with one attached hydrogen (secondary N) is 2. The zero-order valence-electron chi connectivity index (χ0n) is 14.5. The predicted octanol–water partition coefficient (Wildman–Crippen LogP) is 1.43. The molecule has 1 aromatic carbocycles. The van der Waals surface area contributed by atoms with Gasteiger partial charge in [0.25, 0.3) is 0 Å². The minimum Gasteiger partial charge on any atom is -0.460 e. The number of rotatable bonds is 5. The molecule has 0 saturated heterocycles. The van der Waals surface area contributed by atoms with E-state index in [4.69, 9.17) is 4.74 Å². The van der Waals surface area contributed by atoms with Crippen LogP contribution in [0.3, 0.4) is 0 Å². The number of hydrogen-bond donors (Lipinski definition) is 2. The number of H-pyrrole nitrogens is 1. The molecule has 1 aliphatic rings. The van der Waals surface area contributed by atoms with Crippen LogP contribution in [0.2, 0.25) is 0 Å². The van der Waals surface area contributed by atoms with Gasteiger partial charge in [0, 0.05) is 32.2 Å². The molecule has 1 aliphatic heterocycles.